The highest BCUT2D eigenvalue weighted by molar-refractivity contribution is 6.01. The van der Waals surface area contributed by atoms with E-state index < -0.39 is 18.0 Å². The zero-order valence-corrected chi connectivity index (χ0v) is 11.6. The van der Waals surface area contributed by atoms with Gasteiger partial charge >= 0.3 is 12.0 Å². The molecule has 1 aromatic rings. The number of carbonyl (C=O) groups excluding carboxylic acids is 2. The van der Waals surface area contributed by atoms with Gasteiger partial charge in [0, 0.05) is 32.1 Å². The van der Waals surface area contributed by atoms with Gasteiger partial charge < -0.3 is 15.7 Å². The molecular formula is C14H17N3O4. The number of aliphatic carboxylic acids is 1. The number of nitrogens with zero attached hydrogens (tertiary/aromatic N) is 1. The third-order valence-corrected chi connectivity index (χ3v) is 3.26. The molecule has 1 aliphatic heterocycles. The molecule has 0 radical (unpaired) electrons. The number of hydrogen-bond donors (Lipinski definition) is 3. The van der Waals surface area contributed by atoms with E-state index in [2.05, 4.69) is 10.6 Å². The van der Waals surface area contributed by atoms with Gasteiger partial charge in [0.15, 0.2) is 0 Å². The molecule has 21 heavy (non-hydrogen) atoms. The van der Waals surface area contributed by atoms with Crippen molar-refractivity contribution in [2.75, 3.05) is 18.0 Å². The lowest BCUT2D eigenvalue weighted by molar-refractivity contribution is -0.138. The molecule has 1 aliphatic rings. The molecule has 0 spiro atoms. The van der Waals surface area contributed by atoms with E-state index in [0.29, 0.717) is 18.7 Å². The number of nitrogens with one attached hydrogen (secondary N) is 2. The van der Waals surface area contributed by atoms with Crippen molar-refractivity contribution in [2.24, 2.45) is 0 Å². The second-order valence-corrected chi connectivity index (χ2v) is 4.77. The Morgan fingerprint density at radius 1 is 1.24 bits per heavy atom. The third-order valence-electron chi connectivity index (χ3n) is 3.26. The molecule has 1 aromatic carbocycles. The Morgan fingerprint density at radius 3 is 2.57 bits per heavy atom. The molecule has 7 heteroatoms. The number of fused-ring (bicyclic) bond motifs is 1. The van der Waals surface area contributed by atoms with Crippen molar-refractivity contribution in [3.63, 3.8) is 0 Å². The molecule has 1 atom stereocenters. The van der Waals surface area contributed by atoms with Crippen molar-refractivity contribution in [3.8, 4) is 0 Å². The van der Waals surface area contributed by atoms with Crippen LogP contribution in [0.4, 0.5) is 10.5 Å². The van der Waals surface area contributed by atoms with Crippen LogP contribution in [0.2, 0.25) is 0 Å². The first-order valence-electron chi connectivity index (χ1n) is 6.63. The highest BCUT2D eigenvalue weighted by atomic mass is 16.4. The van der Waals surface area contributed by atoms with Crippen molar-refractivity contribution in [1.82, 2.24) is 10.6 Å². The molecule has 0 saturated heterocycles. The summed E-state index contributed by atoms with van der Waals surface area (Å²) in [5.74, 6) is -1.22. The maximum atomic E-state index is 12.2. The minimum atomic E-state index is -1.04. The number of para-hydroxylation sites is 1. The zero-order valence-electron chi connectivity index (χ0n) is 11.6. The normalized spacial score (nSPS) is 16.2. The van der Waals surface area contributed by atoms with Crippen molar-refractivity contribution in [1.29, 1.82) is 0 Å². The lowest BCUT2D eigenvalue weighted by Gasteiger charge is -2.23. The summed E-state index contributed by atoms with van der Waals surface area (Å²) in [7, 11) is 0. The number of carbonyl (C=O) groups is 3. The Labute approximate surface area is 121 Å². The highest BCUT2D eigenvalue weighted by Crippen LogP contribution is 2.31. The Balaban J connectivity index is 2.06. The van der Waals surface area contributed by atoms with Gasteiger partial charge in [-0.25, -0.2) is 9.59 Å². The fourth-order valence-corrected chi connectivity index (χ4v) is 2.33. The van der Waals surface area contributed by atoms with Crippen LogP contribution in [-0.2, 0) is 16.0 Å². The molecule has 0 fully saturated rings. The number of benzene rings is 1. The van der Waals surface area contributed by atoms with Crippen LogP contribution in [0.5, 0.6) is 0 Å². The number of urea groups is 1. The average molecular weight is 291 g/mol. The summed E-state index contributed by atoms with van der Waals surface area (Å²) in [4.78, 5) is 35.5. The monoisotopic (exact) mass is 291 g/mol. The van der Waals surface area contributed by atoms with E-state index in [1.807, 2.05) is 12.1 Å². The van der Waals surface area contributed by atoms with Crippen molar-refractivity contribution in [2.45, 2.75) is 19.4 Å². The standard InChI is InChI=1S/C14H17N3O4/c1-9(18)15-6-7-16-14(21)17-11-5-3-2-4-10(11)8-12(17)13(19)20/h2-5,12H,6-8H2,1H3,(H,15,18)(H,16,21)(H,19,20)/t12-/m0/s1. The summed E-state index contributed by atoms with van der Waals surface area (Å²) in [6.45, 7) is 1.93. The second-order valence-electron chi connectivity index (χ2n) is 4.77. The average Bonchev–Trinajstić information content (AvgIpc) is 2.83. The van der Waals surface area contributed by atoms with E-state index in [1.165, 1.54) is 11.8 Å². The van der Waals surface area contributed by atoms with Crippen LogP contribution in [-0.4, -0.2) is 42.1 Å². The number of carboxylic acids is 1. The first-order chi connectivity index (χ1) is 10.0. The summed E-state index contributed by atoms with van der Waals surface area (Å²) in [6.07, 6.45) is 0.296. The summed E-state index contributed by atoms with van der Waals surface area (Å²) < 4.78 is 0. The van der Waals surface area contributed by atoms with Crippen molar-refractivity contribution < 1.29 is 19.5 Å². The highest BCUT2D eigenvalue weighted by Gasteiger charge is 2.38. The molecule has 1 heterocycles. The zero-order chi connectivity index (χ0) is 15.4. The molecular weight excluding hydrogens is 274 g/mol. The van der Waals surface area contributed by atoms with Crippen LogP contribution in [0.25, 0.3) is 0 Å². The molecule has 0 aromatic heterocycles. The summed E-state index contributed by atoms with van der Waals surface area (Å²) in [5.41, 5.74) is 1.45. The van der Waals surface area contributed by atoms with Gasteiger partial charge in [0.1, 0.15) is 6.04 Å². The lowest BCUT2D eigenvalue weighted by atomic mass is 10.1. The van der Waals surface area contributed by atoms with Gasteiger partial charge in [0.05, 0.1) is 0 Å². The van der Waals surface area contributed by atoms with Gasteiger partial charge in [0.2, 0.25) is 5.91 Å². The SMILES string of the molecule is CC(=O)NCCNC(=O)N1c2ccccc2C[C@H]1C(=O)O. The third kappa shape index (κ3) is 3.31. The minimum absolute atomic E-state index is 0.181. The minimum Gasteiger partial charge on any atom is -0.480 e. The number of hydrogen-bond acceptors (Lipinski definition) is 3. The summed E-state index contributed by atoms with van der Waals surface area (Å²) >= 11 is 0. The fraction of sp³-hybridized carbons (Fsp3) is 0.357. The molecule has 0 saturated carbocycles. The van der Waals surface area contributed by atoms with E-state index in [1.54, 1.807) is 12.1 Å². The predicted octanol–water partition coefficient (Wildman–Crippen LogP) is 0.348. The molecule has 112 valence electrons. The van der Waals surface area contributed by atoms with Gasteiger partial charge in [-0.3, -0.25) is 9.69 Å². The Hall–Kier alpha value is -2.57. The Bertz CT molecular complexity index is 573. The van der Waals surface area contributed by atoms with Crippen molar-refractivity contribution >= 4 is 23.6 Å². The molecule has 0 aliphatic carbocycles. The van der Waals surface area contributed by atoms with E-state index in [0.717, 1.165) is 5.56 Å². The quantitative estimate of drug-likeness (QED) is 0.697. The van der Waals surface area contributed by atoms with Crippen molar-refractivity contribution in [3.05, 3.63) is 29.8 Å². The van der Waals surface area contributed by atoms with Crippen LogP contribution in [0.1, 0.15) is 12.5 Å². The van der Waals surface area contributed by atoms with E-state index in [4.69, 9.17) is 0 Å². The predicted molar refractivity (Wildman–Crippen MR) is 76.1 cm³/mol. The number of amides is 3. The van der Waals surface area contributed by atoms with Gasteiger partial charge in [-0.2, -0.15) is 0 Å². The van der Waals surface area contributed by atoms with Crippen LogP contribution < -0.4 is 15.5 Å². The molecule has 7 nitrogen and oxygen atoms in total. The first-order valence-corrected chi connectivity index (χ1v) is 6.63. The fourth-order valence-electron chi connectivity index (χ4n) is 2.33. The van der Waals surface area contributed by atoms with Crippen LogP contribution in [0.15, 0.2) is 24.3 Å². The molecule has 3 amide bonds. The van der Waals surface area contributed by atoms with E-state index in [-0.39, 0.29) is 12.5 Å². The van der Waals surface area contributed by atoms with Crippen LogP contribution in [0, 0.1) is 0 Å². The maximum absolute atomic E-state index is 12.2. The lowest BCUT2D eigenvalue weighted by Crippen LogP contribution is -2.49. The first kappa shape index (κ1) is 14.8. The number of carboxylic acid groups (broad SMARTS) is 1. The van der Waals surface area contributed by atoms with Crippen LogP contribution >= 0.6 is 0 Å². The van der Waals surface area contributed by atoms with Gasteiger partial charge in [0.25, 0.3) is 0 Å². The maximum Gasteiger partial charge on any atom is 0.327 e. The van der Waals surface area contributed by atoms with Crippen LogP contribution in [0.3, 0.4) is 0 Å². The molecule has 0 bridgehead atoms. The molecule has 0 unspecified atom stereocenters. The summed E-state index contributed by atoms with van der Waals surface area (Å²) in [6, 6.07) is 5.75. The second kappa shape index (κ2) is 6.25. The molecule has 2 rings (SSSR count). The Kier molecular flexibility index (Phi) is 4.42. The topological polar surface area (TPSA) is 98.7 Å². The van der Waals surface area contributed by atoms with E-state index >= 15 is 0 Å². The number of anilines is 1. The summed E-state index contributed by atoms with van der Waals surface area (Å²) in [5, 5.41) is 14.4. The van der Waals surface area contributed by atoms with Gasteiger partial charge in [-0.15, -0.1) is 0 Å². The van der Waals surface area contributed by atoms with Gasteiger partial charge in [-0.1, -0.05) is 18.2 Å². The van der Waals surface area contributed by atoms with E-state index in [9.17, 15) is 19.5 Å². The smallest absolute Gasteiger partial charge is 0.327 e. The largest absolute Gasteiger partial charge is 0.480 e. The number of rotatable bonds is 4. The van der Waals surface area contributed by atoms with Gasteiger partial charge in [-0.05, 0) is 11.6 Å². The molecule has 3 N–H and O–H groups in total. The Morgan fingerprint density at radius 2 is 1.90 bits per heavy atom.